The zero-order valence-corrected chi connectivity index (χ0v) is 23.0. The second-order valence-electron chi connectivity index (χ2n) is 11.3. The first-order valence-corrected chi connectivity index (χ1v) is 13.8. The SMILES string of the molecule is COc1ccc2c(c1)CCC1C2CC[C@]2(C)C(=O)C[C@@H](CCCNC(=O)Nc3ccc(OC)c(OC)c3)C12. The predicted molar refractivity (Wildman–Crippen MR) is 147 cm³/mol. The van der Waals surface area contributed by atoms with Gasteiger partial charge in [0.05, 0.1) is 21.3 Å². The van der Waals surface area contributed by atoms with E-state index in [0.29, 0.717) is 59.6 Å². The summed E-state index contributed by atoms with van der Waals surface area (Å²) >= 11 is 0. The normalized spacial score (nSPS) is 27.5. The quantitative estimate of drug-likeness (QED) is 0.419. The Bertz CT molecular complexity index is 1200. The molecule has 2 N–H and O–H groups in total. The Balaban J connectivity index is 1.19. The number of rotatable bonds is 8. The predicted octanol–water partition coefficient (Wildman–Crippen LogP) is 5.97. The number of urea groups is 1. The fourth-order valence-electron chi connectivity index (χ4n) is 7.67. The summed E-state index contributed by atoms with van der Waals surface area (Å²) in [6, 6.07) is 11.6. The van der Waals surface area contributed by atoms with Crippen molar-refractivity contribution in [2.75, 3.05) is 33.2 Å². The molecule has 0 spiro atoms. The molecule has 38 heavy (non-hydrogen) atoms. The highest BCUT2D eigenvalue weighted by Crippen LogP contribution is 2.62. The Kier molecular flexibility index (Phi) is 7.55. The Labute approximate surface area is 225 Å². The van der Waals surface area contributed by atoms with Crippen molar-refractivity contribution in [2.45, 2.75) is 57.8 Å². The lowest BCUT2D eigenvalue weighted by Gasteiger charge is -2.50. The van der Waals surface area contributed by atoms with Gasteiger partial charge in [-0.05, 0) is 97.6 Å². The Morgan fingerprint density at radius 2 is 1.84 bits per heavy atom. The molecule has 3 aliphatic carbocycles. The van der Waals surface area contributed by atoms with Gasteiger partial charge in [0.25, 0.3) is 0 Å². The Morgan fingerprint density at radius 3 is 2.61 bits per heavy atom. The second-order valence-corrected chi connectivity index (χ2v) is 11.3. The van der Waals surface area contributed by atoms with Crippen LogP contribution in [0.2, 0.25) is 0 Å². The third-order valence-corrected chi connectivity index (χ3v) is 9.46. The van der Waals surface area contributed by atoms with E-state index < -0.39 is 0 Å². The molecule has 0 saturated heterocycles. The first-order chi connectivity index (χ1) is 18.4. The molecule has 5 atom stereocenters. The number of carbonyl (C=O) groups excluding carboxylic acids is 2. The van der Waals surface area contributed by atoms with Gasteiger partial charge in [0.15, 0.2) is 11.5 Å². The number of carbonyl (C=O) groups is 2. The minimum atomic E-state index is -0.249. The number of nitrogens with one attached hydrogen (secondary N) is 2. The van der Waals surface area contributed by atoms with Crippen LogP contribution in [0.4, 0.5) is 10.5 Å². The highest BCUT2D eigenvalue weighted by atomic mass is 16.5. The number of benzene rings is 2. The van der Waals surface area contributed by atoms with E-state index in [2.05, 4.69) is 35.8 Å². The van der Waals surface area contributed by atoms with Crippen molar-refractivity contribution in [3.05, 3.63) is 47.5 Å². The molecule has 0 radical (unpaired) electrons. The van der Waals surface area contributed by atoms with Gasteiger partial charge in [-0.15, -0.1) is 0 Å². The molecule has 0 heterocycles. The number of hydrogen-bond donors (Lipinski definition) is 2. The summed E-state index contributed by atoms with van der Waals surface area (Å²) in [6.45, 7) is 2.80. The molecule has 2 fully saturated rings. The van der Waals surface area contributed by atoms with Crippen LogP contribution in [0.5, 0.6) is 17.2 Å². The van der Waals surface area contributed by atoms with E-state index in [-0.39, 0.29) is 11.4 Å². The first-order valence-electron chi connectivity index (χ1n) is 13.8. The third-order valence-electron chi connectivity index (χ3n) is 9.46. The van der Waals surface area contributed by atoms with E-state index in [4.69, 9.17) is 14.2 Å². The number of amides is 2. The zero-order valence-electron chi connectivity index (χ0n) is 23.0. The van der Waals surface area contributed by atoms with Crippen LogP contribution in [0.1, 0.15) is 62.5 Å². The van der Waals surface area contributed by atoms with Crippen LogP contribution in [0, 0.1) is 23.2 Å². The van der Waals surface area contributed by atoms with Crippen LogP contribution in [-0.2, 0) is 11.2 Å². The largest absolute Gasteiger partial charge is 0.497 e. The van der Waals surface area contributed by atoms with Crippen LogP contribution in [0.3, 0.4) is 0 Å². The van der Waals surface area contributed by atoms with Crippen LogP contribution in [-0.4, -0.2) is 39.7 Å². The molecule has 3 unspecified atom stereocenters. The summed E-state index contributed by atoms with van der Waals surface area (Å²) in [7, 11) is 4.87. The van der Waals surface area contributed by atoms with Gasteiger partial charge < -0.3 is 24.8 Å². The summed E-state index contributed by atoms with van der Waals surface area (Å²) in [5, 5.41) is 5.84. The number of Topliss-reactive ketones (excluding diaryl/α,β-unsaturated/α-hetero) is 1. The van der Waals surface area contributed by atoms with Crippen molar-refractivity contribution in [3.63, 3.8) is 0 Å². The molecule has 2 aromatic rings. The van der Waals surface area contributed by atoms with E-state index in [0.717, 1.165) is 44.3 Å². The lowest BCUT2D eigenvalue weighted by molar-refractivity contribution is -0.129. The average molecular weight is 521 g/mol. The second kappa shape index (κ2) is 10.9. The van der Waals surface area contributed by atoms with Gasteiger partial charge in [-0.2, -0.15) is 0 Å². The molecule has 7 heteroatoms. The molecule has 2 amide bonds. The molecule has 0 bridgehead atoms. The summed E-state index contributed by atoms with van der Waals surface area (Å²) < 4.78 is 16.0. The molecule has 3 aliphatic rings. The van der Waals surface area contributed by atoms with Gasteiger partial charge in [0.1, 0.15) is 11.5 Å². The maximum absolute atomic E-state index is 13.3. The van der Waals surface area contributed by atoms with Crippen molar-refractivity contribution in [1.29, 1.82) is 0 Å². The molecule has 0 aromatic heterocycles. The van der Waals surface area contributed by atoms with Crippen molar-refractivity contribution in [2.24, 2.45) is 23.2 Å². The fourth-order valence-corrected chi connectivity index (χ4v) is 7.67. The van der Waals surface area contributed by atoms with Crippen LogP contribution in [0.25, 0.3) is 0 Å². The van der Waals surface area contributed by atoms with E-state index in [1.54, 1.807) is 39.5 Å². The van der Waals surface area contributed by atoms with Gasteiger partial charge in [-0.25, -0.2) is 4.79 Å². The molecular formula is C31H40N2O5. The number of ether oxygens (including phenoxy) is 3. The number of anilines is 1. The minimum Gasteiger partial charge on any atom is -0.497 e. The summed E-state index contributed by atoms with van der Waals surface area (Å²) in [5.41, 5.74) is 3.32. The number of ketones is 1. The molecule has 0 aliphatic heterocycles. The van der Waals surface area contributed by atoms with Gasteiger partial charge in [-0.1, -0.05) is 13.0 Å². The fraction of sp³-hybridized carbons (Fsp3) is 0.548. The Morgan fingerprint density at radius 1 is 1.03 bits per heavy atom. The third kappa shape index (κ3) is 4.83. The van der Waals surface area contributed by atoms with Crippen molar-refractivity contribution < 1.29 is 23.8 Å². The van der Waals surface area contributed by atoms with Crippen molar-refractivity contribution in [1.82, 2.24) is 5.32 Å². The zero-order chi connectivity index (χ0) is 26.9. The molecule has 5 rings (SSSR count). The summed E-state index contributed by atoms with van der Waals surface area (Å²) in [6.07, 6.45) is 6.76. The highest BCUT2D eigenvalue weighted by molar-refractivity contribution is 5.89. The molecule has 204 valence electrons. The van der Waals surface area contributed by atoms with E-state index >= 15 is 0 Å². The van der Waals surface area contributed by atoms with Crippen LogP contribution in [0.15, 0.2) is 36.4 Å². The van der Waals surface area contributed by atoms with Gasteiger partial charge in [-0.3, -0.25) is 4.79 Å². The van der Waals surface area contributed by atoms with Gasteiger partial charge in [0.2, 0.25) is 0 Å². The van der Waals surface area contributed by atoms with Gasteiger partial charge >= 0.3 is 6.03 Å². The lowest BCUT2D eigenvalue weighted by atomic mass is 9.54. The van der Waals surface area contributed by atoms with E-state index in [9.17, 15) is 9.59 Å². The summed E-state index contributed by atoms with van der Waals surface area (Å²) in [5.74, 6) is 4.44. The summed E-state index contributed by atoms with van der Waals surface area (Å²) in [4.78, 5) is 25.8. The number of hydrogen-bond acceptors (Lipinski definition) is 5. The van der Waals surface area contributed by atoms with Gasteiger partial charge in [0, 0.05) is 30.1 Å². The van der Waals surface area contributed by atoms with Crippen LogP contribution >= 0.6 is 0 Å². The highest BCUT2D eigenvalue weighted by Gasteiger charge is 2.58. The number of fused-ring (bicyclic) bond motifs is 5. The van der Waals surface area contributed by atoms with E-state index in [1.165, 1.54) is 11.1 Å². The van der Waals surface area contributed by atoms with E-state index in [1.807, 2.05) is 0 Å². The number of aryl methyl sites for hydroxylation is 1. The number of methoxy groups -OCH3 is 3. The first kappa shape index (κ1) is 26.4. The topological polar surface area (TPSA) is 85.9 Å². The smallest absolute Gasteiger partial charge is 0.319 e. The van der Waals surface area contributed by atoms with Crippen molar-refractivity contribution in [3.8, 4) is 17.2 Å². The molecule has 7 nitrogen and oxygen atoms in total. The molecule has 2 saturated carbocycles. The maximum Gasteiger partial charge on any atom is 0.319 e. The minimum absolute atomic E-state index is 0.200. The lowest BCUT2D eigenvalue weighted by Crippen LogP contribution is -2.44. The monoisotopic (exact) mass is 520 g/mol. The van der Waals surface area contributed by atoms with Crippen molar-refractivity contribution >= 4 is 17.5 Å². The standard InChI is InChI=1S/C31H40N2O5/c1-31-14-13-24-23-11-9-22(36-2)16-19(23)7-10-25(24)29(31)20(17-28(31)34)6-5-15-32-30(35)33-21-8-12-26(37-3)27(18-21)38-4/h8-9,11-12,16,18,20,24-25,29H,5-7,10,13-15,17H2,1-4H3,(H2,32,33,35)/t20-,24?,25?,29?,31-/m1/s1. The average Bonchev–Trinajstić information content (AvgIpc) is 3.19. The maximum atomic E-state index is 13.3. The molecule has 2 aromatic carbocycles. The molecular weight excluding hydrogens is 480 g/mol. The Hall–Kier alpha value is -3.22. The van der Waals surface area contributed by atoms with Crippen LogP contribution < -0.4 is 24.8 Å².